The van der Waals surface area contributed by atoms with E-state index >= 15 is 0 Å². The number of hydrogen-bond donors (Lipinski definition) is 4. The number of aliphatic hydroxyl groups is 2. The molecular formula is C23H22ClFN6O2. The molecule has 1 aliphatic carbocycles. The molecule has 0 aliphatic heterocycles. The number of halogens is 2. The van der Waals surface area contributed by atoms with Crippen molar-refractivity contribution in [3.05, 3.63) is 64.2 Å². The molecule has 8 nitrogen and oxygen atoms in total. The highest BCUT2D eigenvalue weighted by atomic mass is 35.5. The van der Waals surface area contributed by atoms with Gasteiger partial charge in [-0.1, -0.05) is 17.7 Å². The minimum absolute atomic E-state index is 0.138. The predicted octanol–water partition coefficient (Wildman–Crippen LogP) is 3.08. The number of benzene rings is 1. The van der Waals surface area contributed by atoms with E-state index in [2.05, 4.69) is 15.0 Å². The van der Waals surface area contributed by atoms with Crippen LogP contribution in [-0.4, -0.2) is 41.9 Å². The van der Waals surface area contributed by atoms with Gasteiger partial charge in [0.2, 0.25) is 5.95 Å². The molecule has 10 heteroatoms. The standard InChI is InChI=1S/C23H22ClFN6O2/c1-10-13-4-5-31(22(13)30-23(27)28-10)18-8-12(19(32)20(18)33)3-2-11-6-16(25)14-9-15(24)21(26)29-17(14)7-11/h4-9,18-20,32-33H,2-3H2,1H3,(H2,26,29)(H2,27,28,30)/t18-,19-,20+/m1/s1. The van der Waals surface area contributed by atoms with Gasteiger partial charge in [0.05, 0.1) is 22.3 Å². The van der Waals surface area contributed by atoms with E-state index in [0.717, 1.165) is 11.1 Å². The van der Waals surface area contributed by atoms with Crippen molar-refractivity contribution in [2.45, 2.75) is 38.0 Å². The summed E-state index contributed by atoms with van der Waals surface area (Å²) in [7, 11) is 0. The van der Waals surface area contributed by atoms with Gasteiger partial charge in [-0.05, 0) is 55.2 Å². The minimum atomic E-state index is -1.05. The molecule has 33 heavy (non-hydrogen) atoms. The Morgan fingerprint density at radius 3 is 2.67 bits per heavy atom. The molecule has 0 unspecified atom stereocenters. The first-order valence-electron chi connectivity index (χ1n) is 10.4. The lowest BCUT2D eigenvalue weighted by atomic mass is 10.0. The Balaban J connectivity index is 1.43. The van der Waals surface area contributed by atoms with Crippen LogP contribution in [-0.2, 0) is 6.42 Å². The van der Waals surface area contributed by atoms with Crippen molar-refractivity contribution >= 4 is 45.3 Å². The summed E-state index contributed by atoms with van der Waals surface area (Å²) in [6, 6.07) is 5.98. The lowest BCUT2D eigenvalue weighted by Gasteiger charge is -2.19. The molecule has 0 bridgehead atoms. The Morgan fingerprint density at radius 2 is 1.88 bits per heavy atom. The van der Waals surface area contributed by atoms with E-state index < -0.39 is 24.1 Å². The monoisotopic (exact) mass is 468 g/mol. The van der Waals surface area contributed by atoms with Gasteiger partial charge in [0, 0.05) is 17.0 Å². The van der Waals surface area contributed by atoms with Crippen molar-refractivity contribution in [2.75, 3.05) is 11.5 Å². The summed E-state index contributed by atoms with van der Waals surface area (Å²) in [5, 5.41) is 22.7. The summed E-state index contributed by atoms with van der Waals surface area (Å²) in [5.41, 5.74) is 14.7. The van der Waals surface area contributed by atoms with Gasteiger partial charge in [0.15, 0.2) is 0 Å². The van der Waals surface area contributed by atoms with Gasteiger partial charge in [-0.2, -0.15) is 4.98 Å². The van der Waals surface area contributed by atoms with Gasteiger partial charge in [-0.15, -0.1) is 0 Å². The summed E-state index contributed by atoms with van der Waals surface area (Å²) in [6.07, 6.45) is 2.40. The first kappa shape index (κ1) is 21.6. The number of aromatic nitrogens is 4. The third-order valence-corrected chi connectivity index (χ3v) is 6.47. The normalized spacial score (nSPS) is 20.6. The second-order valence-electron chi connectivity index (χ2n) is 8.29. The fraction of sp³-hybridized carbons (Fsp3) is 0.261. The van der Waals surface area contributed by atoms with E-state index in [9.17, 15) is 14.6 Å². The number of hydrogen-bond acceptors (Lipinski definition) is 7. The van der Waals surface area contributed by atoms with Crippen LogP contribution in [0.2, 0.25) is 5.02 Å². The van der Waals surface area contributed by atoms with E-state index in [1.54, 1.807) is 16.8 Å². The first-order valence-corrected chi connectivity index (χ1v) is 10.8. The van der Waals surface area contributed by atoms with Gasteiger partial charge < -0.3 is 26.2 Å². The number of nitrogens with zero attached hydrogens (tertiary/aromatic N) is 4. The summed E-state index contributed by atoms with van der Waals surface area (Å²) in [6.45, 7) is 1.84. The second-order valence-corrected chi connectivity index (χ2v) is 8.70. The molecule has 0 saturated carbocycles. The van der Waals surface area contributed by atoms with Crippen LogP contribution < -0.4 is 11.5 Å². The smallest absolute Gasteiger partial charge is 0.222 e. The molecule has 170 valence electrons. The maximum atomic E-state index is 14.6. The Morgan fingerprint density at radius 1 is 1.09 bits per heavy atom. The number of anilines is 2. The molecule has 0 fully saturated rings. The third-order valence-electron chi connectivity index (χ3n) is 6.17. The number of nitrogen functional groups attached to an aromatic ring is 2. The van der Waals surface area contributed by atoms with Crippen LogP contribution in [0.25, 0.3) is 21.9 Å². The van der Waals surface area contributed by atoms with Gasteiger partial charge in [0.25, 0.3) is 0 Å². The minimum Gasteiger partial charge on any atom is -0.388 e. The van der Waals surface area contributed by atoms with Crippen LogP contribution in [0.3, 0.4) is 0 Å². The lowest BCUT2D eigenvalue weighted by molar-refractivity contribution is 0.0317. The largest absolute Gasteiger partial charge is 0.388 e. The summed E-state index contributed by atoms with van der Waals surface area (Å²) < 4.78 is 16.4. The van der Waals surface area contributed by atoms with Crippen molar-refractivity contribution in [2.24, 2.45) is 0 Å². The zero-order valence-corrected chi connectivity index (χ0v) is 18.5. The van der Waals surface area contributed by atoms with Crippen LogP contribution in [0.4, 0.5) is 16.2 Å². The zero-order valence-electron chi connectivity index (χ0n) is 17.7. The summed E-state index contributed by atoms with van der Waals surface area (Å²) in [5.74, 6) is -0.160. The van der Waals surface area contributed by atoms with E-state index in [0.29, 0.717) is 40.5 Å². The van der Waals surface area contributed by atoms with Crippen LogP contribution in [0.15, 0.2) is 42.1 Å². The third kappa shape index (κ3) is 3.68. The molecule has 0 radical (unpaired) electrons. The van der Waals surface area contributed by atoms with Crippen LogP contribution in [0.1, 0.15) is 23.7 Å². The number of nitrogens with two attached hydrogens (primary N) is 2. The average molecular weight is 469 g/mol. The lowest BCUT2D eigenvalue weighted by Crippen LogP contribution is -2.29. The Hall–Kier alpha value is -3.27. The molecule has 5 rings (SSSR count). The SMILES string of the molecule is Cc1nc(N)nc2c1ccn2[C@@H]1C=C(CCc2cc(F)c3cc(Cl)c(N)nc3c2)[C@@H](O)[C@H]1O. The molecule has 3 atom stereocenters. The second kappa shape index (κ2) is 7.95. The Kier molecular flexibility index (Phi) is 5.19. The van der Waals surface area contributed by atoms with Crippen molar-refractivity contribution in [1.82, 2.24) is 19.5 Å². The molecule has 0 amide bonds. The number of aliphatic hydroxyl groups excluding tert-OH is 2. The molecule has 3 heterocycles. The van der Waals surface area contributed by atoms with Crippen molar-refractivity contribution in [3.63, 3.8) is 0 Å². The molecule has 1 aliphatic rings. The van der Waals surface area contributed by atoms with E-state index in [-0.39, 0.29) is 16.8 Å². The number of pyridine rings is 1. The van der Waals surface area contributed by atoms with Crippen LogP contribution >= 0.6 is 11.6 Å². The average Bonchev–Trinajstić information content (AvgIpc) is 3.29. The first-order chi connectivity index (χ1) is 15.7. The van der Waals surface area contributed by atoms with Gasteiger partial charge in [0.1, 0.15) is 29.5 Å². The van der Waals surface area contributed by atoms with E-state index in [1.165, 1.54) is 12.1 Å². The maximum absolute atomic E-state index is 14.6. The number of fused-ring (bicyclic) bond motifs is 2. The summed E-state index contributed by atoms with van der Waals surface area (Å²) in [4.78, 5) is 12.6. The zero-order chi connectivity index (χ0) is 23.4. The van der Waals surface area contributed by atoms with Crippen LogP contribution in [0.5, 0.6) is 0 Å². The Labute approximate surface area is 193 Å². The number of rotatable bonds is 4. The van der Waals surface area contributed by atoms with E-state index in [1.807, 2.05) is 19.1 Å². The van der Waals surface area contributed by atoms with Crippen molar-refractivity contribution in [3.8, 4) is 0 Å². The van der Waals surface area contributed by atoms with E-state index in [4.69, 9.17) is 23.1 Å². The predicted molar refractivity (Wildman–Crippen MR) is 125 cm³/mol. The van der Waals surface area contributed by atoms with Crippen molar-refractivity contribution in [1.29, 1.82) is 0 Å². The van der Waals surface area contributed by atoms with Gasteiger partial charge in [-0.3, -0.25) is 0 Å². The number of aryl methyl sites for hydroxylation is 2. The highest BCUT2D eigenvalue weighted by molar-refractivity contribution is 6.33. The highest BCUT2D eigenvalue weighted by Crippen LogP contribution is 2.35. The highest BCUT2D eigenvalue weighted by Gasteiger charge is 2.36. The molecular weight excluding hydrogens is 447 g/mol. The van der Waals surface area contributed by atoms with Crippen LogP contribution in [0, 0.1) is 12.7 Å². The molecule has 0 spiro atoms. The topological polar surface area (TPSA) is 136 Å². The maximum Gasteiger partial charge on any atom is 0.222 e. The van der Waals surface area contributed by atoms with Gasteiger partial charge >= 0.3 is 0 Å². The fourth-order valence-corrected chi connectivity index (χ4v) is 4.61. The molecule has 0 saturated heterocycles. The molecule has 6 N–H and O–H groups in total. The fourth-order valence-electron chi connectivity index (χ4n) is 4.45. The molecule has 4 aromatic rings. The quantitative estimate of drug-likeness (QED) is 0.338. The molecule has 1 aromatic carbocycles. The Bertz CT molecular complexity index is 1440. The van der Waals surface area contributed by atoms with Crippen molar-refractivity contribution < 1.29 is 14.6 Å². The summed E-state index contributed by atoms with van der Waals surface area (Å²) >= 11 is 5.96. The molecule has 3 aromatic heterocycles. The van der Waals surface area contributed by atoms with Gasteiger partial charge in [-0.25, -0.2) is 14.4 Å².